The normalized spacial score (nSPS) is 33.5. The van der Waals surface area contributed by atoms with E-state index >= 15 is 0 Å². The van der Waals surface area contributed by atoms with Crippen LogP contribution >= 0.6 is 7.14 Å². The Balaban J connectivity index is 1.94. The highest BCUT2D eigenvalue weighted by Crippen LogP contribution is 2.73. The van der Waals surface area contributed by atoms with Crippen LogP contribution in [0.1, 0.15) is 33.6 Å². The van der Waals surface area contributed by atoms with Crippen molar-refractivity contribution in [1.82, 2.24) is 0 Å². The highest BCUT2D eigenvalue weighted by atomic mass is 31.2. The molecule has 0 spiro atoms. The maximum absolute atomic E-state index is 14.7. The minimum Gasteiger partial charge on any atom is -0.392 e. The van der Waals surface area contributed by atoms with E-state index in [1.165, 1.54) is 0 Å². The molecule has 0 aliphatic heterocycles. The highest BCUT2D eigenvalue weighted by Gasteiger charge is 2.69. The summed E-state index contributed by atoms with van der Waals surface area (Å²) in [5.41, 5.74) is -0.372. The Morgan fingerprint density at radius 1 is 0.920 bits per heavy atom. The van der Waals surface area contributed by atoms with E-state index in [2.05, 4.69) is 20.8 Å². The molecule has 2 aromatic rings. The molecule has 2 saturated carbocycles. The minimum atomic E-state index is -2.94. The molecule has 1 N–H and O–H groups in total. The van der Waals surface area contributed by atoms with Gasteiger partial charge in [-0.15, -0.1) is 0 Å². The van der Waals surface area contributed by atoms with Crippen molar-refractivity contribution in [2.24, 2.45) is 16.7 Å². The standard InChI is InChI=1S/C22H27O2P/c1-21(2)18-14-15-22(21,3)20(23)19(18)25(24,16-10-6-4-7-11-16)17-12-8-5-9-13-17/h4-13,18-20,23H,14-15H2,1-3H3/t18-,19+,20+,22+/m0/s1. The third-order valence-corrected chi connectivity index (χ3v) is 11.1. The van der Waals surface area contributed by atoms with Gasteiger partial charge in [0.2, 0.25) is 0 Å². The predicted molar refractivity (Wildman–Crippen MR) is 104 cm³/mol. The molecule has 0 unspecified atom stereocenters. The van der Waals surface area contributed by atoms with Crippen molar-refractivity contribution >= 4 is 17.8 Å². The molecule has 2 aromatic carbocycles. The van der Waals surface area contributed by atoms with E-state index in [0.717, 1.165) is 23.5 Å². The van der Waals surface area contributed by atoms with Crippen molar-refractivity contribution < 1.29 is 9.67 Å². The lowest BCUT2D eigenvalue weighted by Crippen LogP contribution is -2.42. The van der Waals surface area contributed by atoms with Crippen molar-refractivity contribution in [2.75, 3.05) is 0 Å². The van der Waals surface area contributed by atoms with Crippen molar-refractivity contribution in [3.63, 3.8) is 0 Å². The lowest BCUT2D eigenvalue weighted by Gasteiger charge is -2.39. The number of hydrogen-bond acceptors (Lipinski definition) is 2. The molecule has 2 fully saturated rings. The quantitative estimate of drug-likeness (QED) is 0.840. The maximum atomic E-state index is 14.7. The molecule has 2 aliphatic carbocycles. The summed E-state index contributed by atoms with van der Waals surface area (Å²) < 4.78 is 14.7. The first-order chi connectivity index (χ1) is 11.8. The van der Waals surface area contributed by atoms with Gasteiger partial charge in [0.15, 0.2) is 0 Å². The summed E-state index contributed by atoms with van der Waals surface area (Å²) in [6.07, 6.45) is 1.54. The van der Waals surface area contributed by atoms with Crippen LogP contribution in [0.5, 0.6) is 0 Å². The SMILES string of the molecule is CC1(C)[C@H]2CC[C@]1(C)[C@H](O)[C@@H]2P(=O)(c1ccccc1)c1ccccc1. The summed E-state index contributed by atoms with van der Waals surface area (Å²) in [6, 6.07) is 19.6. The first-order valence-corrected chi connectivity index (χ1v) is 11.0. The van der Waals surface area contributed by atoms with Crippen LogP contribution in [0.4, 0.5) is 0 Å². The molecule has 2 nitrogen and oxygen atoms in total. The fourth-order valence-corrected chi connectivity index (χ4v) is 9.50. The second kappa shape index (κ2) is 5.56. The maximum Gasteiger partial charge on any atom is 0.149 e. The predicted octanol–water partition coefficient (Wildman–Crippen LogP) is 4.19. The van der Waals surface area contributed by atoms with Crippen LogP contribution in [0.15, 0.2) is 60.7 Å². The topological polar surface area (TPSA) is 37.3 Å². The van der Waals surface area contributed by atoms with Gasteiger partial charge in [-0.05, 0) is 29.6 Å². The van der Waals surface area contributed by atoms with E-state index in [1.807, 2.05) is 60.7 Å². The Bertz CT molecular complexity index is 771. The lowest BCUT2D eigenvalue weighted by molar-refractivity contribution is 0.0139. The summed E-state index contributed by atoms with van der Waals surface area (Å²) in [5, 5.41) is 13.1. The van der Waals surface area contributed by atoms with Gasteiger partial charge in [-0.25, -0.2) is 0 Å². The highest BCUT2D eigenvalue weighted by molar-refractivity contribution is 7.79. The molecule has 0 heterocycles. The molecule has 4 atom stereocenters. The van der Waals surface area contributed by atoms with E-state index in [4.69, 9.17) is 0 Å². The summed E-state index contributed by atoms with van der Waals surface area (Å²) in [7, 11) is -2.94. The number of fused-ring (bicyclic) bond motifs is 2. The molecule has 0 amide bonds. The molecule has 0 saturated heterocycles. The average Bonchev–Trinajstić information content (AvgIpc) is 2.95. The zero-order valence-corrected chi connectivity index (χ0v) is 16.1. The van der Waals surface area contributed by atoms with Crippen molar-refractivity contribution in [3.8, 4) is 0 Å². The largest absolute Gasteiger partial charge is 0.392 e. The van der Waals surface area contributed by atoms with Crippen LogP contribution in [0.2, 0.25) is 0 Å². The molecule has 4 rings (SSSR count). The lowest BCUT2D eigenvalue weighted by atomic mass is 9.70. The monoisotopic (exact) mass is 354 g/mol. The van der Waals surface area contributed by atoms with E-state index in [9.17, 15) is 9.67 Å². The van der Waals surface area contributed by atoms with Gasteiger partial charge in [0, 0.05) is 10.6 Å². The third-order valence-electron chi connectivity index (χ3n) is 7.46. The molecule has 2 aliphatic rings. The molecule has 2 bridgehead atoms. The zero-order valence-electron chi connectivity index (χ0n) is 15.2. The van der Waals surface area contributed by atoms with Crippen LogP contribution in [0, 0.1) is 16.7 Å². The number of rotatable bonds is 3. The molecule has 132 valence electrons. The average molecular weight is 354 g/mol. The van der Waals surface area contributed by atoms with Crippen LogP contribution < -0.4 is 10.6 Å². The zero-order chi connectivity index (χ0) is 17.9. The number of benzene rings is 2. The molecule has 3 heteroatoms. The van der Waals surface area contributed by atoms with E-state index in [1.54, 1.807) is 0 Å². The molecule has 0 radical (unpaired) electrons. The molecule has 0 aromatic heterocycles. The van der Waals surface area contributed by atoms with Gasteiger partial charge >= 0.3 is 0 Å². The fraction of sp³-hybridized carbons (Fsp3) is 0.455. The van der Waals surface area contributed by atoms with Crippen molar-refractivity contribution in [2.45, 2.75) is 45.4 Å². The Kier molecular flexibility index (Phi) is 3.80. The third kappa shape index (κ3) is 2.11. The first-order valence-electron chi connectivity index (χ1n) is 9.22. The Morgan fingerprint density at radius 2 is 1.40 bits per heavy atom. The summed E-state index contributed by atoms with van der Waals surface area (Å²) in [5.74, 6) is 0.277. The number of aliphatic hydroxyl groups is 1. The minimum absolute atomic E-state index is 0.00367. The second-order valence-corrected chi connectivity index (χ2v) is 11.5. The van der Waals surface area contributed by atoms with Gasteiger partial charge in [-0.2, -0.15) is 0 Å². The Morgan fingerprint density at radius 3 is 1.80 bits per heavy atom. The van der Waals surface area contributed by atoms with Crippen LogP contribution in [-0.2, 0) is 4.57 Å². The van der Waals surface area contributed by atoms with E-state index in [-0.39, 0.29) is 22.4 Å². The van der Waals surface area contributed by atoms with Crippen LogP contribution in [0.25, 0.3) is 0 Å². The van der Waals surface area contributed by atoms with Gasteiger partial charge in [-0.1, -0.05) is 81.4 Å². The Hall–Kier alpha value is -1.37. The van der Waals surface area contributed by atoms with Gasteiger partial charge in [0.05, 0.1) is 11.8 Å². The van der Waals surface area contributed by atoms with Gasteiger partial charge < -0.3 is 9.67 Å². The van der Waals surface area contributed by atoms with E-state index < -0.39 is 13.2 Å². The second-order valence-electron chi connectivity index (χ2n) is 8.55. The van der Waals surface area contributed by atoms with E-state index in [0.29, 0.717) is 0 Å². The smallest absolute Gasteiger partial charge is 0.149 e. The van der Waals surface area contributed by atoms with Gasteiger partial charge in [-0.3, -0.25) is 0 Å². The number of hydrogen-bond donors (Lipinski definition) is 1. The van der Waals surface area contributed by atoms with Crippen molar-refractivity contribution in [3.05, 3.63) is 60.7 Å². The fourth-order valence-electron chi connectivity index (χ4n) is 5.53. The first kappa shape index (κ1) is 17.1. The molecular formula is C22H27O2P. The van der Waals surface area contributed by atoms with Crippen LogP contribution in [0.3, 0.4) is 0 Å². The van der Waals surface area contributed by atoms with Crippen molar-refractivity contribution in [1.29, 1.82) is 0 Å². The number of aliphatic hydroxyl groups excluding tert-OH is 1. The van der Waals surface area contributed by atoms with Gasteiger partial charge in [0.25, 0.3) is 0 Å². The molecule has 25 heavy (non-hydrogen) atoms. The summed E-state index contributed by atoms with van der Waals surface area (Å²) >= 11 is 0. The summed E-state index contributed by atoms with van der Waals surface area (Å²) in [4.78, 5) is 0. The van der Waals surface area contributed by atoms with Crippen LogP contribution in [-0.4, -0.2) is 16.9 Å². The summed E-state index contributed by atoms with van der Waals surface area (Å²) in [6.45, 7) is 6.71. The molecular weight excluding hydrogens is 327 g/mol. The van der Waals surface area contributed by atoms with Gasteiger partial charge in [0.1, 0.15) is 7.14 Å². The Labute approximate surface area is 150 Å².